The van der Waals surface area contributed by atoms with E-state index in [9.17, 15) is 0 Å². The van der Waals surface area contributed by atoms with Crippen LogP contribution in [0.4, 0.5) is 11.8 Å². The maximum Gasteiger partial charge on any atom is 0.226 e. The number of fused-ring (bicyclic) bond motifs is 2. The quantitative estimate of drug-likeness (QED) is 0.763. The molecule has 1 aliphatic heterocycles. The predicted molar refractivity (Wildman–Crippen MR) is 100 cm³/mol. The third-order valence-electron chi connectivity index (χ3n) is 4.64. The van der Waals surface area contributed by atoms with Crippen molar-refractivity contribution in [2.45, 2.75) is 26.9 Å². The van der Waals surface area contributed by atoms with Crippen molar-refractivity contribution >= 4 is 22.8 Å². The highest BCUT2D eigenvalue weighted by Gasteiger charge is 2.17. The van der Waals surface area contributed by atoms with E-state index in [1.165, 1.54) is 11.1 Å². The zero-order chi connectivity index (χ0) is 17.4. The van der Waals surface area contributed by atoms with E-state index in [0.717, 1.165) is 42.8 Å². The molecular formula is C19H22N6. The minimum Gasteiger partial charge on any atom is -0.383 e. The van der Waals surface area contributed by atoms with Crippen LogP contribution in [-0.4, -0.2) is 32.9 Å². The zero-order valence-corrected chi connectivity index (χ0v) is 14.6. The van der Waals surface area contributed by atoms with E-state index in [1.54, 1.807) is 0 Å². The average molecular weight is 334 g/mol. The summed E-state index contributed by atoms with van der Waals surface area (Å²) in [6, 6.07) is 10.6. The van der Waals surface area contributed by atoms with Crippen molar-refractivity contribution in [2.24, 2.45) is 0 Å². The standard InChI is InChI=1S/C19H22N6/c1-12-9-13(2)22-18-16(12)17(20)23-19(24-18)21-7-8-25-10-14-5-3-4-6-15(14)11-25/h3-6,9H,7-8,10-11H2,1-2H3,(H3,20,21,22,23,24). The Kier molecular flexibility index (Phi) is 3.97. The van der Waals surface area contributed by atoms with Crippen molar-refractivity contribution in [3.63, 3.8) is 0 Å². The van der Waals surface area contributed by atoms with Crippen LogP contribution in [0.15, 0.2) is 30.3 Å². The highest BCUT2D eigenvalue weighted by Crippen LogP contribution is 2.23. The van der Waals surface area contributed by atoms with Crippen LogP contribution in [0.25, 0.3) is 11.0 Å². The molecule has 0 bridgehead atoms. The van der Waals surface area contributed by atoms with E-state index in [1.807, 2.05) is 19.9 Å². The lowest BCUT2D eigenvalue weighted by atomic mass is 10.1. The molecule has 128 valence electrons. The normalized spacial score (nSPS) is 14.0. The minimum absolute atomic E-state index is 0.478. The second-order valence-electron chi connectivity index (χ2n) is 6.62. The molecule has 0 amide bonds. The summed E-state index contributed by atoms with van der Waals surface area (Å²) in [4.78, 5) is 15.8. The maximum atomic E-state index is 6.12. The topological polar surface area (TPSA) is 80.0 Å². The molecule has 1 aliphatic rings. The number of pyridine rings is 1. The summed E-state index contributed by atoms with van der Waals surface area (Å²) >= 11 is 0. The third-order valence-corrected chi connectivity index (χ3v) is 4.64. The molecule has 25 heavy (non-hydrogen) atoms. The first-order chi connectivity index (χ1) is 12.1. The Balaban J connectivity index is 1.44. The second kappa shape index (κ2) is 6.29. The van der Waals surface area contributed by atoms with Crippen LogP contribution in [0.5, 0.6) is 0 Å². The number of hydrogen-bond acceptors (Lipinski definition) is 6. The maximum absolute atomic E-state index is 6.12. The Labute approximate surface area is 147 Å². The van der Waals surface area contributed by atoms with Gasteiger partial charge in [0.05, 0.1) is 5.39 Å². The largest absolute Gasteiger partial charge is 0.383 e. The van der Waals surface area contributed by atoms with Crippen LogP contribution in [0, 0.1) is 13.8 Å². The number of aromatic nitrogens is 3. The molecule has 0 unspecified atom stereocenters. The van der Waals surface area contributed by atoms with E-state index >= 15 is 0 Å². The Morgan fingerprint density at radius 3 is 2.52 bits per heavy atom. The molecule has 0 aliphatic carbocycles. The predicted octanol–water partition coefficient (Wildman–Crippen LogP) is 2.65. The van der Waals surface area contributed by atoms with Crippen LogP contribution in [0.3, 0.4) is 0 Å². The summed E-state index contributed by atoms with van der Waals surface area (Å²) in [5.41, 5.74) is 11.6. The van der Waals surface area contributed by atoms with Gasteiger partial charge in [-0.3, -0.25) is 4.90 Å². The summed E-state index contributed by atoms with van der Waals surface area (Å²) < 4.78 is 0. The molecule has 3 heterocycles. The SMILES string of the molecule is Cc1cc(C)c2c(N)nc(NCCN3Cc4ccccc4C3)nc2n1. The molecule has 0 spiro atoms. The van der Waals surface area contributed by atoms with Gasteiger partial charge in [0.2, 0.25) is 5.95 Å². The summed E-state index contributed by atoms with van der Waals surface area (Å²) in [6.45, 7) is 7.66. The number of nitrogen functional groups attached to an aromatic ring is 1. The lowest BCUT2D eigenvalue weighted by molar-refractivity contribution is 0.296. The molecule has 6 nitrogen and oxygen atoms in total. The molecule has 0 saturated carbocycles. The molecular weight excluding hydrogens is 312 g/mol. The van der Waals surface area contributed by atoms with Crippen molar-refractivity contribution in [3.05, 3.63) is 52.7 Å². The van der Waals surface area contributed by atoms with Gasteiger partial charge >= 0.3 is 0 Å². The second-order valence-corrected chi connectivity index (χ2v) is 6.62. The van der Waals surface area contributed by atoms with Crippen molar-refractivity contribution in [2.75, 3.05) is 24.1 Å². The number of aryl methyl sites for hydroxylation is 2. The molecule has 0 saturated heterocycles. The fourth-order valence-corrected chi connectivity index (χ4v) is 3.48. The Morgan fingerprint density at radius 2 is 1.80 bits per heavy atom. The van der Waals surface area contributed by atoms with E-state index in [4.69, 9.17) is 5.73 Å². The van der Waals surface area contributed by atoms with E-state index in [-0.39, 0.29) is 0 Å². The van der Waals surface area contributed by atoms with Gasteiger partial charge in [-0.2, -0.15) is 9.97 Å². The first-order valence-electron chi connectivity index (χ1n) is 8.54. The van der Waals surface area contributed by atoms with Crippen LogP contribution in [0.2, 0.25) is 0 Å². The number of nitrogens with one attached hydrogen (secondary N) is 1. The fraction of sp³-hybridized carbons (Fsp3) is 0.316. The Morgan fingerprint density at radius 1 is 1.08 bits per heavy atom. The number of anilines is 2. The fourth-order valence-electron chi connectivity index (χ4n) is 3.48. The number of rotatable bonds is 4. The number of nitrogens with two attached hydrogens (primary N) is 1. The van der Waals surface area contributed by atoms with E-state index in [2.05, 4.69) is 49.4 Å². The van der Waals surface area contributed by atoms with Crippen molar-refractivity contribution in [1.82, 2.24) is 19.9 Å². The van der Waals surface area contributed by atoms with Crippen molar-refractivity contribution in [3.8, 4) is 0 Å². The van der Waals surface area contributed by atoms with Gasteiger partial charge in [0.25, 0.3) is 0 Å². The molecule has 6 heteroatoms. The molecule has 1 aromatic carbocycles. The van der Waals surface area contributed by atoms with Gasteiger partial charge < -0.3 is 11.1 Å². The monoisotopic (exact) mass is 334 g/mol. The van der Waals surface area contributed by atoms with Gasteiger partial charge in [-0.25, -0.2) is 4.98 Å². The molecule has 2 aromatic heterocycles. The smallest absolute Gasteiger partial charge is 0.226 e. The van der Waals surface area contributed by atoms with Crippen LogP contribution in [-0.2, 0) is 13.1 Å². The van der Waals surface area contributed by atoms with Crippen LogP contribution in [0.1, 0.15) is 22.4 Å². The first kappa shape index (κ1) is 15.8. The number of hydrogen-bond donors (Lipinski definition) is 2. The molecule has 0 fully saturated rings. The zero-order valence-electron chi connectivity index (χ0n) is 14.6. The molecule has 3 N–H and O–H groups in total. The van der Waals surface area contributed by atoms with Crippen molar-refractivity contribution < 1.29 is 0 Å². The first-order valence-corrected chi connectivity index (χ1v) is 8.54. The van der Waals surface area contributed by atoms with Gasteiger partial charge in [-0.05, 0) is 36.6 Å². The molecule has 0 atom stereocenters. The summed E-state index contributed by atoms with van der Waals surface area (Å²) in [6.07, 6.45) is 0. The minimum atomic E-state index is 0.478. The summed E-state index contributed by atoms with van der Waals surface area (Å²) in [5, 5.41) is 4.13. The molecule has 4 rings (SSSR count). The summed E-state index contributed by atoms with van der Waals surface area (Å²) in [7, 11) is 0. The number of nitrogens with zero attached hydrogens (tertiary/aromatic N) is 4. The molecule has 0 radical (unpaired) electrons. The highest BCUT2D eigenvalue weighted by molar-refractivity contribution is 5.89. The molecule has 3 aromatic rings. The van der Waals surface area contributed by atoms with Gasteiger partial charge in [-0.1, -0.05) is 24.3 Å². The van der Waals surface area contributed by atoms with Gasteiger partial charge in [0.15, 0.2) is 5.65 Å². The van der Waals surface area contributed by atoms with Gasteiger partial charge in [0.1, 0.15) is 5.82 Å². The number of benzene rings is 1. The van der Waals surface area contributed by atoms with Crippen molar-refractivity contribution in [1.29, 1.82) is 0 Å². The lowest BCUT2D eigenvalue weighted by Crippen LogP contribution is -2.24. The Bertz CT molecular complexity index is 912. The third kappa shape index (κ3) is 3.13. The van der Waals surface area contributed by atoms with Gasteiger partial charge in [-0.15, -0.1) is 0 Å². The van der Waals surface area contributed by atoms with Crippen LogP contribution < -0.4 is 11.1 Å². The lowest BCUT2D eigenvalue weighted by Gasteiger charge is -2.15. The average Bonchev–Trinajstić information content (AvgIpc) is 2.96. The highest BCUT2D eigenvalue weighted by atomic mass is 15.2. The van der Waals surface area contributed by atoms with E-state index < -0.39 is 0 Å². The van der Waals surface area contributed by atoms with E-state index in [0.29, 0.717) is 17.4 Å². The van der Waals surface area contributed by atoms with Crippen LogP contribution >= 0.6 is 0 Å². The Hall–Kier alpha value is -2.73. The summed E-state index contributed by atoms with van der Waals surface area (Å²) in [5.74, 6) is 1.02. The van der Waals surface area contributed by atoms with Gasteiger partial charge in [0, 0.05) is 31.9 Å².